The van der Waals surface area contributed by atoms with Gasteiger partial charge >= 0.3 is 18.2 Å². The lowest BCUT2D eigenvalue weighted by Gasteiger charge is -2.05. The van der Waals surface area contributed by atoms with Crippen LogP contribution in [0.15, 0.2) is 23.0 Å². The van der Waals surface area contributed by atoms with E-state index in [0.29, 0.717) is 4.68 Å². The molecule has 0 saturated heterocycles. The van der Waals surface area contributed by atoms with Crippen molar-refractivity contribution in [3.8, 4) is 5.69 Å². The zero-order chi connectivity index (χ0) is 17.3. The lowest BCUT2D eigenvalue weighted by Crippen LogP contribution is -2.25. The summed E-state index contributed by atoms with van der Waals surface area (Å²) >= 11 is 5.78. The van der Waals surface area contributed by atoms with Gasteiger partial charge in [0.25, 0.3) is 0 Å². The lowest BCUT2D eigenvalue weighted by atomic mass is 10.1. The van der Waals surface area contributed by atoms with E-state index in [9.17, 15) is 22.8 Å². The molecule has 0 fully saturated rings. The van der Waals surface area contributed by atoms with Crippen LogP contribution >= 0.6 is 11.6 Å². The second-order valence-electron chi connectivity index (χ2n) is 4.39. The molecule has 0 atom stereocenters. The molecule has 1 heterocycles. The Bertz CT molecular complexity index is 858. The van der Waals surface area contributed by atoms with E-state index in [1.54, 1.807) is 0 Å². The summed E-state index contributed by atoms with van der Waals surface area (Å²) in [5.74, 6) is -2.53. The van der Waals surface area contributed by atoms with Gasteiger partial charge in [0.1, 0.15) is 11.5 Å². The molecule has 0 unspecified atom stereocenters. The molecule has 2 rings (SSSR count). The van der Waals surface area contributed by atoms with Crippen LogP contribution < -0.4 is 5.69 Å². The van der Waals surface area contributed by atoms with Crippen molar-refractivity contribution in [2.24, 2.45) is 0 Å². The zero-order valence-corrected chi connectivity index (χ0v) is 12.3. The smallest absolute Gasteiger partial charge is 0.355 e. The monoisotopic (exact) mass is 347 g/mol. The third-order valence-corrected chi connectivity index (χ3v) is 3.20. The summed E-state index contributed by atoms with van der Waals surface area (Å²) in [6.45, 7) is -1.96. The number of carbonyl (C=O) groups is 1. The van der Waals surface area contributed by atoms with Crippen molar-refractivity contribution in [3.63, 3.8) is 0 Å². The molecule has 1 aromatic heterocycles. The third kappa shape index (κ3) is 3.29. The molecule has 1 aromatic carbocycles. The standard InChI is InChI=1S/C13H9ClF3N3O3/c1-6-18-20(13(23)19(6)12(16)17)10-4-7(2-3-11(21)22)8(14)5-9(10)15/h2-5,12H,1H3,(H,21,22). The largest absolute Gasteiger partial charge is 0.478 e. The Kier molecular flexibility index (Phi) is 4.60. The van der Waals surface area contributed by atoms with E-state index in [2.05, 4.69) is 5.10 Å². The first-order valence-corrected chi connectivity index (χ1v) is 6.47. The molecule has 122 valence electrons. The van der Waals surface area contributed by atoms with Gasteiger partial charge in [0.15, 0.2) is 5.82 Å². The van der Waals surface area contributed by atoms with Gasteiger partial charge in [-0.05, 0) is 30.7 Å². The highest BCUT2D eigenvalue weighted by Crippen LogP contribution is 2.24. The van der Waals surface area contributed by atoms with Crippen molar-refractivity contribution in [1.82, 2.24) is 14.3 Å². The predicted octanol–water partition coefficient (Wildman–Crippen LogP) is 2.63. The number of aryl methyl sites for hydroxylation is 1. The number of halogens is 4. The molecular formula is C13H9ClF3N3O3. The second-order valence-corrected chi connectivity index (χ2v) is 4.79. The Hall–Kier alpha value is -2.55. The quantitative estimate of drug-likeness (QED) is 0.862. The summed E-state index contributed by atoms with van der Waals surface area (Å²) in [7, 11) is 0. The van der Waals surface area contributed by atoms with Gasteiger partial charge in [-0.2, -0.15) is 13.5 Å². The first kappa shape index (κ1) is 16.8. The number of rotatable bonds is 4. The van der Waals surface area contributed by atoms with Gasteiger partial charge in [0.2, 0.25) is 0 Å². The molecule has 0 amide bonds. The summed E-state index contributed by atoms with van der Waals surface area (Å²) in [6, 6.07) is 1.88. The Morgan fingerprint density at radius 2 is 2.09 bits per heavy atom. The maximum absolute atomic E-state index is 14.0. The molecule has 10 heteroatoms. The summed E-state index contributed by atoms with van der Waals surface area (Å²) in [4.78, 5) is 22.4. The van der Waals surface area contributed by atoms with Crippen LogP contribution in [-0.2, 0) is 4.79 Å². The molecular weight excluding hydrogens is 339 g/mol. The Balaban J connectivity index is 2.65. The maximum atomic E-state index is 14.0. The predicted molar refractivity (Wildman–Crippen MR) is 75.5 cm³/mol. The van der Waals surface area contributed by atoms with Crippen molar-refractivity contribution < 1.29 is 23.1 Å². The van der Waals surface area contributed by atoms with Crippen LogP contribution in [0, 0.1) is 12.7 Å². The van der Waals surface area contributed by atoms with Gasteiger partial charge < -0.3 is 5.11 Å². The highest BCUT2D eigenvalue weighted by Gasteiger charge is 2.20. The van der Waals surface area contributed by atoms with Crippen molar-refractivity contribution in [2.45, 2.75) is 13.5 Å². The number of nitrogens with zero attached hydrogens (tertiary/aromatic N) is 3. The summed E-state index contributed by atoms with van der Waals surface area (Å²) in [6.07, 6.45) is 1.84. The van der Waals surface area contributed by atoms with Crippen molar-refractivity contribution >= 4 is 23.6 Å². The zero-order valence-electron chi connectivity index (χ0n) is 11.5. The fourth-order valence-electron chi connectivity index (χ4n) is 1.86. The molecule has 0 aliphatic carbocycles. The third-order valence-electron chi connectivity index (χ3n) is 2.88. The molecule has 0 radical (unpaired) electrons. The molecule has 6 nitrogen and oxygen atoms in total. The van der Waals surface area contributed by atoms with Crippen molar-refractivity contribution in [3.05, 3.63) is 50.9 Å². The van der Waals surface area contributed by atoms with Gasteiger partial charge in [0, 0.05) is 6.08 Å². The number of hydrogen-bond donors (Lipinski definition) is 1. The highest BCUT2D eigenvalue weighted by molar-refractivity contribution is 6.32. The fraction of sp³-hybridized carbons (Fsp3) is 0.154. The van der Waals surface area contributed by atoms with Gasteiger partial charge in [-0.15, -0.1) is 5.10 Å². The van der Waals surface area contributed by atoms with Gasteiger partial charge in [-0.1, -0.05) is 11.6 Å². The van der Waals surface area contributed by atoms with E-state index in [-0.39, 0.29) is 21.0 Å². The average Bonchev–Trinajstić information content (AvgIpc) is 2.72. The fourth-order valence-corrected chi connectivity index (χ4v) is 2.08. The van der Waals surface area contributed by atoms with Crippen LogP contribution in [0.2, 0.25) is 5.02 Å². The van der Waals surface area contributed by atoms with E-state index in [1.165, 1.54) is 6.92 Å². The lowest BCUT2D eigenvalue weighted by molar-refractivity contribution is -0.131. The van der Waals surface area contributed by atoms with E-state index in [1.807, 2.05) is 0 Å². The van der Waals surface area contributed by atoms with E-state index in [0.717, 1.165) is 24.3 Å². The number of hydrogen-bond acceptors (Lipinski definition) is 3. The summed E-state index contributed by atoms with van der Waals surface area (Å²) in [5, 5.41) is 12.1. The normalized spacial score (nSPS) is 11.6. The van der Waals surface area contributed by atoms with Crippen molar-refractivity contribution in [2.75, 3.05) is 0 Å². The summed E-state index contributed by atoms with van der Waals surface area (Å²) < 4.78 is 40.2. The average molecular weight is 348 g/mol. The molecule has 0 bridgehead atoms. The minimum Gasteiger partial charge on any atom is -0.478 e. The Morgan fingerprint density at radius 3 is 2.61 bits per heavy atom. The van der Waals surface area contributed by atoms with Crippen LogP contribution in [-0.4, -0.2) is 25.4 Å². The van der Waals surface area contributed by atoms with E-state index >= 15 is 0 Å². The first-order chi connectivity index (χ1) is 10.7. The first-order valence-electron chi connectivity index (χ1n) is 6.09. The van der Waals surface area contributed by atoms with Crippen LogP contribution in [0.4, 0.5) is 13.2 Å². The summed E-state index contributed by atoms with van der Waals surface area (Å²) in [5.41, 5.74) is -1.57. The van der Waals surface area contributed by atoms with E-state index in [4.69, 9.17) is 16.7 Å². The van der Waals surface area contributed by atoms with Crippen molar-refractivity contribution in [1.29, 1.82) is 0 Å². The van der Waals surface area contributed by atoms with Crippen LogP contribution in [0.5, 0.6) is 0 Å². The van der Waals surface area contributed by atoms with Crippen LogP contribution in [0.3, 0.4) is 0 Å². The number of carboxylic acid groups (broad SMARTS) is 1. The number of benzene rings is 1. The van der Waals surface area contributed by atoms with E-state index < -0.39 is 29.7 Å². The maximum Gasteiger partial charge on any atom is 0.355 e. The molecule has 2 aromatic rings. The van der Waals surface area contributed by atoms with Crippen LogP contribution in [0.1, 0.15) is 17.9 Å². The Labute approximate surface area is 132 Å². The Morgan fingerprint density at radius 1 is 1.43 bits per heavy atom. The van der Waals surface area contributed by atoms with Crippen LogP contribution in [0.25, 0.3) is 11.8 Å². The number of aromatic nitrogens is 3. The molecule has 0 aliphatic heterocycles. The SMILES string of the molecule is Cc1nn(-c2cc(C=CC(=O)O)c(Cl)cc2F)c(=O)n1C(F)F. The molecule has 0 aliphatic rings. The topological polar surface area (TPSA) is 77.1 Å². The number of alkyl halides is 2. The van der Waals surface area contributed by atoms with Gasteiger partial charge in [0.05, 0.1) is 5.02 Å². The minimum absolute atomic E-state index is 0.0848. The van der Waals surface area contributed by atoms with Gasteiger partial charge in [-0.3, -0.25) is 0 Å². The number of carboxylic acids is 1. The number of aliphatic carboxylic acids is 1. The molecule has 23 heavy (non-hydrogen) atoms. The molecule has 0 spiro atoms. The minimum atomic E-state index is -3.13. The van der Waals surface area contributed by atoms with Gasteiger partial charge in [-0.25, -0.2) is 18.5 Å². The second kappa shape index (κ2) is 6.29. The molecule has 1 N–H and O–H groups in total. The molecule has 0 saturated carbocycles. The highest BCUT2D eigenvalue weighted by atomic mass is 35.5.